The van der Waals surface area contributed by atoms with E-state index in [0.717, 1.165) is 18.4 Å². The minimum Gasteiger partial charge on any atom is -0.481 e. The van der Waals surface area contributed by atoms with Gasteiger partial charge in [-0.3, -0.25) is 0 Å². The summed E-state index contributed by atoms with van der Waals surface area (Å²) in [4.78, 5) is 4.31. The topological polar surface area (TPSA) is 40.6 Å². The molecule has 1 aliphatic rings. The van der Waals surface area contributed by atoms with Gasteiger partial charge < -0.3 is 14.0 Å². The largest absolute Gasteiger partial charge is 0.481 e. The van der Waals surface area contributed by atoms with Crippen molar-refractivity contribution in [2.75, 3.05) is 7.11 Å². The molecule has 0 amide bonds. The van der Waals surface area contributed by atoms with E-state index >= 15 is 0 Å². The summed E-state index contributed by atoms with van der Waals surface area (Å²) in [7, 11) is 1.39. The van der Waals surface area contributed by atoms with Gasteiger partial charge in [-0.1, -0.05) is 19.4 Å². The van der Waals surface area contributed by atoms with E-state index < -0.39 is 0 Å². The molecule has 0 radical (unpaired) electrons. The van der Waals surface area contributed by atoms with Crippen LogP contribution < -0.4 is 4.74 Å². The van der Waals surface area contributed by atoms with Gasteiger partial charge in [-0.15, -0.1) is 0 Å². The highest BCUT2D eigenvalue weighted by atomic mass is 16.7. The van der Waals surface area contributed by atoms with Gasteiger partial charge in [0.15, 0.2) is 0 Å². The first-order valence-electron chi connectivity index (χ1n) is 7.66. The number of rotatable bonds is 5. The predicted octanol–water partition coefficient (Wildman–Crippen LogP) is 3.61. The van der Waals surface area contributed by atoms with Crippen LogP contribution in [0.5, 0.6) is 5.88 Å². The maximum atomic E-state index is 6.21. The zero-order valence-corrected chi connectivity index (χ0v) is 14.0. The van der Waals surface area contributed by atoms with Gasteiger partial charge in [-0.05, 0) is 39.7 Å². The minimum atomic E-state index is -0.302. The Labute approximate surface area is 128 Å². The molecule has 0 saturated carbocycles. The van der Waals surface area contributed by atoms with Crippen molar-refractivity contribution in [3.8, 4) is 5.88 Å². The number of hydrogen-bond donors (Lipinski definition) is 0. The smallest absolute Gasteiger partial charge is 0.465 e. The molecule has 1 fully saturated rings. The lowest BCUT2D eigenvalue weighted by atomic mass is 9.66. The molecule has 1 aromatic rings. The van der Waals surface area contributed by atoms with Crippen LogP contribution in [0, 0.1) is 0 Å². The van der Waals surface area contributed by atoms with Crippen molar-refractivity contribution in [3.63, 3.8) is 0 Å². The van der Waals surface area contributed by atoms with Crippen molar-refractivity contribution in [2.45, 2.75) is 64.5 Å². The standard InChI is InChI=1S/C16H26BNO3/c1-7-8-13(12-9-10-14(19-6)18-11-12)17-20-15(2,3)16(4,5)21-17/h9-11,13H,7-8H2,1-6H3/t13-/m0/s1. The molecule has 1 saturated heterocycles. The van der Waals surface area contributed by atoms with E-state index in [2.05, 4.69) is 45.7 Å². The van der Waals surface area contributed by atoms with Crippen molar-refractivity contribution >= 4 is 7.12 Å². The lowest BCUT2D eigenvalue weighted by Crippen LogP contribution is -2.41. The zero-order chi connectivity index (χ0) is 15.7. The number of aromatic nitrogens is 1. The Morgan fingerprint density at radius 2 is 1.81 bits per heavy atom. The van der Waals surface area contributed by atoms with Gasteiger partial charge in [0.2, 0.25) is 5.88 Å². The summed E-state index contributed by atoms with van der Waals surface area (Å²) in [6.07, 6.45) is 3.94. The van der Waals surface area contributed by atoms with Crippen LogP contribution in [-0.2, 0) is 9.31 Å². The molecule has 5 heteroatoms. The summed E-state index contributed by atoms with van der Waals surface area (Å²) >= 11 is 0. The third kappa shape index (κ3) is 3.24. The highest BCUT2D eigenvalue weighted by Gasteiger charge is 2.53. The quantitative estimate of drug-likeness (QED) is 0.777. The Bertz CT molecular complexity index is 457. The fourth-order valence-corrected chi connectivity index (χ4v) is 2.56. The Hall–Kier alpha value is -1.07. The Balaban J connectivity index is 2.23. The molecule has 116 valence electrons. The van der Waals surface area contributed by atoms with E-state index in [1.54, 1.807) is 7.11 Å². The van der Waals surface area contributed by atoms with E-state index in [4.69, 9.17) is 14.0 Å². The summed E-state index contributed by atoms with van der Waals surface area (Å²) in [6, 6.07) is 3.94. The SMILES string of the molecule is CCC[C@H](B1OC(C)(C)C(C)(C)O1)c1ccc(OC)nc1. The van der Waals surface area contributed by atoms with E-state index in [1.165, 1.54) is 0 Å². The third-order valence-corrected chi connectivity index (χ3v) is 4.60. The molecule has 1 aliphatic heterocycles. The number of hydrogen-bond acceptors (Lipinski definition) is 4. The molecule has 0 unspecified atom stereocenters. The zero-order valence-electron chi connectivity index (χ0n) is 14.0. The number of nitrogens with zero attached hydrogens (tertiary/aromatic N) is 1. The van der Waals surface area contributed by atoms with Crippen LogP contribution in [0.1, 0.15) is 58.8 Å². The maximum Gasteiger partial charge on any atom is 0.465 e. The monoisotopic (exact) mass is 291 g/mol. The predicted molar refractivity (Wildman–Crippen MR) is 84.5 cm³/mol. The van der Waals surface area contributed by atoms with Gasteiger partial charge in [0, 0.05) is 18.1 Å². The average molecular weight is 291 g/mol. The molecule has 2 rings (SSSR count). The highest BCUT2D eigenvalue weighted by molar-refractivity contribution is 6.47. The second kappa shape index (κ2) is 5.97. The molecule has 21 heavy (non-hydrogen) atoms. The molecule has 1 atom stereocenters. The molecule has 0 spiro atoms. The molecule has 0 aromatic carbocycles. The Morgan fingerprint density at radius 3 is 2.24 bits per heavy atom. The van der Waals surface area contributed by atoms with Crippen LogP contribution >= 0.6 is 0 Å². The van der Waals surface area contributed by atoms with Crippen LogP contribution in [0.15, 0.2) is 18.3 Å². The first-order valence-corrected chi connectivity index (χ1v) is 7.66. The normalized spacial score (nSPS) is 21.3. The fourth-order valence-electron chi connectivity index (χ4n) is 2.56. The van der Waals surface area contributed by atoms with Crippen LogP contribution in [0.3, 0.4) is 0 Å². The van der Waals surface area contributed by atoms with Crippen LogP contribution in [0.25, 0.3) is 0 Å². The number of ether oxygens (including phenoxy) is 1. The van der Waals surface area contributed by atoms with Crippen molar-refractivity contribution in [1.82, 2.24) is 4.98 Å². The van der Waals surface area contributed by atoms with Gasteiger partial charge in [-0.2, -0.15) is 0 Å². The van der Waals surface area contributed by atoms with Gasteiger partial charge in [0.05, 0.1) is 18.3 Å². The summed E-state index contributed by atoms with van der Waals surface area (Å²) < 4.78 is 17.5. The van der Waals surface area contributed by atoms with Gasteiger partial charge in [0.1, 0.15) is 0 Å². The lowest BCUT2D eigenvalue weighted by molar-refractivity contribution is 0.00578. The maximum absolute atomic E-state index is 6.21. The molecule has 2 heterocycles. The van der Waals surface area contributed by atoms with Crippen molar-refractivity contribution in [3.05, 3.63) is 23.9 Å². The van der Waals surface area contributed by atoms with E-state index in [9.17, 15) is 0 Å². The van der Waals surface area contributed by atoms with Crippen molar-refractivity contribution in [1.29, 1.82) is 0 Å². The van der Waals surface area contributed by atoms with Gasteiger partial charge in [0.25, 0.3) is 0 Å². The van der Waals surface area contributed by atoms with Crippen LogP contribution in [0.4, 0.5) is 0 Å². The molecule has 4 nitrogen and oxygen atoms in total. The van der Waals surface area contributed by atoms with Crippen LogP contribution in [-0.4, -0.2) is 30.4 Å². The molecule has 0 bridgehead atoms. The van der Waals surface area contributed by atoms with Crippen molar-refractivity contribution in [2.24, 2.45) is 0 Å². The average Bonchev–Trinajstić information content (AvgIpc) is 2.65. The van der Waals surface area contributed by atoms with Crippen molar-refractivity contribution < 1.29 is 14.0 Å². The first-order chi connectivity index (χ1) is 9.80. The Morgan fingerprint density at radius 1 is 1.19 bits per heavy atom. The highest BCUT2D eigenvalue weighted by Crippen LogP contribution is 2.42. The lowest BCUT2D eigenvalue weighted by Gasteiger charge is -2.32. The molecule has 1 aromatic heterocycles. The summed E-state index contributed by atoms with van der Waals surface area (Å²) in [5.41, 5.74) is 0.531. The summed E-state index contributed by atoms with van der Waals surface area (Å²) in [6.45, 7) is 10.5. The van der Waals surface area contributed by atoms with E-state index in [-0.39, 0.29) is 24.1 Å². The fraction of sp³-hybridized carbons (Fsp3) is 0.688. The number of pyridine rings is 1. The molecular weight excluding hydrogens is 265 g/mol. The van der Waals surface area contributed by atoms with E-state index in [0.29, 0.717) is 5.88 Å². The first kappa shape index (κ1) is 16.3. The Kier molecular flexibility index (Phi) is 4.64. The summed E-state index contributed by atoms with van der Waals surface area (Å²) in [5.74, 6) is 0.817. The second-order valence-corrected chi connectivity index (χ2v) is 6.65. The minimum absolute atomic E-state index is 0.189. The molecular formula is C16H26BNO3. The second-order valence-electron chi connectivity index (χ2n) is 6.65. The number of methoxy groups -OCH3 is 1. The van der Waals surface area contributed by atoms with E-state index in [1.807, 2.05) is 12.3 Å². The van der Waals surface area contributed by atoms with Crippen LogP contribution in [0.2, 0.25) is 0 Å². The summed E-state index contributed by atoms with van der Waals surface area (Å²) in [5, 5.41) is 0. The molecule has 0 N–H and O–H groups in total. The third-order valence-electron chi connectivity index (χ3n) is 4.60. The molecule has 0 aliphatic carbocycles. The van der Waals surface area contributed by atoms with Gasteiger partial charge >= 0.3 is 7.12 Å². The van der Waals surface area contributed by atoms with Gasteiger partial charge in [-0.25, -0.2) is 4.98 Å².